The van der Waals surface area contributed by atoms with Gasteiger partial charge in [0, 0.05) is 23.1 Å². The lowest BCUT2D eigenvalue weighted by atomic mass is 9.98. The van der Waals surface area contributed by atoms with Crippen LogP contribution in [-0.4, -0.2) is 6.10 Å². The molecule has 4 heteroatoms. The Morgan fingerprint density at radius 2 is 1.91 bits per heavy atom. The van der Waals surface area contributed by atoms with E-state index in [1.54, 1.807) is 19.1 Å². The van der Waals surface area contributed by atoms with E-state index >= 15 is 0 Å². The SMILES string of the molecule is Cc1ccccc1-c1cc(=O)oc2cc(O[C@H](C)C#N)ccc12. The van der Waals surface area contributed by atoms with E-state index in [1.165, 1.54) is 6.07 Å². The zero-order valence-corrected chi connectivity index (χ0v) is 12.9. The third-order valence-corrected chi connectivity index (χ3v) is 3.65. The van der Waals surface area contributed by atoms with E-state index in [1.807, 2.05) is 43.3 Å². The van der Waals surface area contributed by atoms with Crippen LogP contribution in [0.5, 0.6) is 5.75 Å². The van der Waals surface area contributed by atoms with Crippen molar-refractivity contribution in [3.8, 4) is 22.9 Å². The minimum atomic E-state index is -0.571. The number of benzene rings is 2. The average molecular weight is 305 g/mol. The number of nitrogens with zero attached hydrogens (tertiary/aromatic N) is 1. The van der Waals surface area contributed by atoms with Crippen LogP contribution in [-0.2, 0) is 0 Å². The summed E-state index contributed by atoms with van der Waals surface area (Å²) >= 11 is 0. The van der Waals surface area contributed by atoms with Crippen LogP contribution in [0.2, 0.25) is 0 Å². The number of fused-ring (bicyclic) bond motifs is 1. The van der Waals surface area contributed by atoms with Gasteiger partial charge in [0.25, 0.3) is 0 Å². The van der Waals surface area contributed by atoms with Gasteiger partial charge in [-0.05, 0) is 37.1 Å². The van der Waals surface area contributed by atoms with Gasteiger partial charge in [0.2, 0.25) is 0 Å². The largest absolute Gasteiger partial charge is 0.476 e. The Morgan fingerprint density at radius 1 is 1.13 bits per heavy atom. The van der Waals surface area contributed by atoms with Crippen LogP contribution in [0.15, 0.2) is 57.7 Å². The van der Waals surface area contributed by atoms with Gasteiger partial charge in [-0.3, -0.25) is 0 Å². The summed E-state index contributed by atoms with van der Waals surface area (Å²) in [4.78, 5) is 11.9. The lowest BCUT2D eigenvalue weighted by Gasteiger charge is -2.11. The molecule has 0 bridgehead atoms. The molecule has 4 nitrogen and oxygen atoms in total. The third kappa shape index (κ3) is 2.95. The van der Waals surface area contributed by atoms with E-state index in [-0.39, 0.29) is 0 Å². The van der Waals surface area contributed by atoms with Crippen molar-refractivity contribution in [1.29, 1.82) is 5.26 Å². The van der Waals surface area contributed by atoms with Gasteiger partial charge in [0.05, 0.1) is 0 Å². The minimum absolute atomic E-state index is 0.416. The Hall–Kier alpha value is -3.06. The second-order valence-electron chi connectivity index (χ2n) is 5.34. The highest BCUT2D eigenvalue weighted by molar-refractivity contribution is 5.94. The Balaban J connectivity index is 2.19. The fraction of sp³-hybridized carbons (Fsp3) is 0.158. The molecule has 1 heterocycles. The first-order chi connectivity index (χ1) is 11.1. The molecule has 1 aromatic heterocycles. The molecule has 0 radical (unpaired) electrons. The van der Waals surface area contributed by atoms with Crippen molar-refractivity contribution in [2.45, 2.75) is 20.0 Å². The summed E-state index contributed by atoms with van der Waals surface area (Å²) in [5.74, 6) is 0.497. The van der Waals surface area contributed by atoms with Crippen molar-refractivity contribution >= 4 is 11.0 Å². The Bertz CT molecular complexity index is 966. The Kier molecular flexibility index (Phi) is 3.86. The predicted octanol–water partition coefficient (Wildman–Crippen LogP) is 4.06. The summed E-state index contributed by atoms with van der Waals surface area (Å²) < 4.78 is 10.8. The van der Waals surface area contributed by atoms with Gasteiger partial charge in [-0.15, -0.1) is 0 Å². The predicted molar refractivity (Wildman–Crippen MR) is 88.4 cm³/mol. The molecule has 0 aliphatic carbocycles. The van der Waals surface area contributed by atoms with Gasteiger partial charge in [-0.25, -0.2) is 4.79 Å². The van der Waals surface area contributed by atoms with Crippen molar-refractivity contribution in [2.24, 2.45) is 0 Å². The van der Waals surface area contributed by atoms with E-state index in [4.69, 9.17) is 14.4 Å². The van der Waals surface area contributed by atoms with Crippen molar-refractivity contribution in [3.05, 3.63) is 64.5 Å². The summed E-state index contributed by atoms with van der Waals surface area (Å²) in [7, 11) is 0. The average Bonchev–Trinajstić information content (AvgIpc) is 2.54. The first-order valence-corrected chi connectivity index (χ1v) is 7.28. The Labute approximate surface area is 133 Å². The molecule has 2 aromatic carbocycles. The van der Waals surface area contributed by atoms with Gasteiger partial charge in [0.1, 0.15) is 17.4 Å². The maximum Gasteiger partial charge on any atom is 0.336 e. The standard InChI is InChI=1S/C19H15NO3/c1-12-5-3-4-6-15(12)17-10-19(21)23-18-9-14(7-8-16(17)18)22-13(2)11-20/h3-10,13H,1-2H3/t13-/m1/s1. The van der Waals surface area contributed by atoms with Gasteiger partial charge in [0.15, 0.2) is 6.10 Å². The fourth-order valence-electron chi connectivity index (χ4n) is 2.54. The number of nitriles is 1. The number of rotatable bonds is 3. The highest BCUT2D eigenvalue weighted by Crippen LogP contribution is 2.31. The molecular weight excluding hydrogens is 290 g/mol. The first-order valence-electron chi connectivity index (χ1n) is 7.28. The molecule has 3 aromatic rings. The van der Waals surface area contributed by atoms with E-state index in [2.05, 4.69) is 0 Å². The summed E-state index contributed by atoms with van der Waals surface area (Å²) in [5, 5.41) is 9.66. The van der Waals surface area contributed by atoms with Crippen molar-refractivity contribution < 1.29 is 9.15 Å². The van der Waals surface area contributed by atoms with E-state index in [0.717, 1.165) is 22.1 Å². The Morgan fingerprint density at radius 3 is 2.65 bits per heavy atom. The molecule has 0 saturated carbocycles. The molecule has 0 spiro atoms. The first kappa shape index (κ1) is 14.9. The molecule has 114 valence electrons. The van der Waals surface area contributed by atoms with Gasteiger partial charge >= 0.3 is 5.63 Å². The lowest BCUT2D eigenvalue weighted by molar-refractivity contribution is 0.276. The maximum absolute atomic E-state index is 11.9. The van der Waals surface area contributed by atoms with Crippen molar-refractivity contribution in [1.82, 2.24) is 0 Å². The molecule has 0 aliphatic rings. The fourth-order valence-corrected chi connectivity index (χ4v) is 2.54. The van der Waals surface area contributed by atoms with Gasteiger partial charge < -0.3 is 9.15 Å². The van der Waals surface area contributed by atoms with Crippen LogP contribution in [0.3, 0.4) is 0 Å². The van der Waals surface area contributed by atoms with E-state index < -0.39 is 11.7 Å². The second-order valence-corrected chi connectivity index (χ2v) is 5.34. The van der Waals surface area contributed by atoms with Gasteiger partial charge in [-0.2, -0.15) is 5.26 Å². The van der Waals surface area contributed by atoms with Gasteiger partial charge in [-0.1, -0.05) is 24.3 Å². The highest BCUT2D eigenvalue weighted by Gasteiger charge is 2.11. The van der Waals surface area contributed by atoms with Crippen molar-refractivity contribution in [3.63, 3.8) is 0 Å². The summed E-state index contributed by atoms with van der Waals surface area (Å²) in [5.41, 5.74) is 2.93. The molecule has 0 saturated heterocycles. The quantitative estimate of drug-likeness (QED) is 0.685. The number of hydrogen-bond acceptors (Lipinski definition) is 4. The molecular formula is C19H15NO3. The molecule has 0 N–H and O–H groups in total. The highest BCUT2D eigenvalue weighted by atomic mass is 16.5. The number of aryl methyl sites for hydroxylation is 1. The van der Waals surface area contributed by atoms with E-state index in [9.17, 15) is 4.79 Å². The monoisotopic (exact) mass is 305 g/mol. The van der Waals surface area contributed by atoms with Crippen LogP contribution in [0.4, 0.5) is 0 Å². The topological polar surface area (TPSA) is 63.2 Å². The third-order valence-electron chi connectivity index (χ3n) is 3.65. The number of ether oxygens (including phenoxy) is 1. The van der Waals surface area contributed by atoms with E-state index in [0.29, 0.717) is 11.3 Å². The van der Waals surface area contributed by atoms with Crippen LogP contribution >= 0.6 is 0 Å². The minimum Gasteiger partial charge on any atom is -0.476 e. The van der Waals surface area contributed by atoms with Crippen molar-refractivity contribution in [2.75, 3.05) is 0 Å². The molecule has 23 heavy (non-hydrogen) atoms. The number of hydrogen-bond donors (Lipinski definition) is 0. The molecule has 0 fully saturated rings. The molecule has 0 unspecified atom stereocenters. The zero-order chi connectivity index (χ0) is 16.4. The van der Waals surface area contributed by atoms with Crippen LogP contribution < -0.4 is 10.4 Å². The van der Waals surface area contributed by atoms with Crippen LogP contribution in [0.25, 0.3) is 22.1 Å². The normalized spacial score (nSPS) is 11.9. The maximum atomic E-state index is 11.9. The summed E-state index contributed by atoms with van der Waals surface area (Å²) in [6.45, 7) is 3.66. The zero-order valence-electron chi connectivity index (χ0n) is 12.9. The summed E-state index contributed by atoms with van der Waals surface area (Å²) in [6, 6.07) is 16.7. The molecule has 3 rings (SSSR count). The summed E-state index contributed by atoms with van der Waals surface area (Å²) in [6.07, 6.45) is -0.571. The smallest absolute Gasteiger partial charge is 0.336 e. The molecule has 1 atom stereocenters. The molecule has 0 aliphatic heterocycles. The lowest BCUT2D eigenvalue weighted by Crippen LogP contribution is -2.08. The molecule has 0 amide bonds. The van der Waals surface area contributed by atoms with Crippen LogP contribution in [0, 0.1) is 18.3 Å². The van der Waals surface area contributed by atoms with Crippen LogP contribution in [0.1, 0.15) is 12.5 Å². The second kappa shape index (κ2) is 5.98.